The fourth-order valence-corrected chi connectivity index (χ4v) is 10.9. The number of hydrogen-bond donors (Lipinski definition) is 0. The largest absolute Gasteiger partial charge is 0.311 e. The predicted molar refractivity (Wildman–Crippen MR) is 295 cm³/mol. The van der Waals surface area contributed by atoms with Gasteiger partial charge in [-0.15, -0.1) is 0 Å². The number of nitrogens with zero attached hydrogens (tertiary/aromatic N) is 3. The summed E-state index contributed by atoms with van der Waals surface area (Å²) in [7, 11) is 0. The zero-order chi connectivity index (χ0) is 47.7. The molecule has 340 valence electrons. The molecule has 8 aromatic rings. The lowest BCUT2D eigenvalue weighted by Crippen LogP contribution is -2.61. The molecule has 2 heterocycles. The predicted octanol–water partition coefficient (Wildman–Crippen LogP) is 15.7. The Balaban J connectivity index is 1.27. The first-order valence-corrected chi connectivity index (χ1v) is 24.9. The Kier molecular flexibility index (Phi) is 10.0. The highest BCUT2D eigenvalue weighted by atomic mass is 15.2. The number of hydrogen-bond acceptors (Lipinski definition) is 3. The molecule has 0 saturated carbocycles. The molecule has 0 N–H and O–H groups in total. The van der Waals surface area contributed by atoms with Crippen molar-refractivity contribution in [3.05, 3.63) is 191 Å². The van der Waals surface area contributed by atoms with Gasteiger partial charge < -0.3 is 14.7 Å². The Morgan fingerprint density at radius 2 is 0.809 bits per heavy atom. The second-order valence-corrected chi connectivity index (χ2v) is 24.0. The first kappa shape index (κ1) is 44.0. The molecule has 4 heteroatoms. The van der Waals surface area contributed by atoms with Crippen molar-refractivity contribution in [2.45, 2.75) is 118 Å². The third kappa shape index (κ3) is 7.43. The second kappa shape index (κ2) is 15.5. The molecule has 0 bridgehead atoms. The smallest absolute Gasteiger partial charge is 0.252 e. The van der Waals surface area contributed by atoms with Gasteiger partial charge in [-0.25, -0.2) is 0 Å². The van der Waals surface area contributed by atoms with Gasteiger partial charge in [-0.3, -0.25) is 0 Å². The van der Waals surface area contributed by atoms with E-state index in [1.165, 1.54) is 89.0 Å². The highest BCUT2D eigenvalue weighted by molar-refractivity contribution is 7.00. The zero-order valence-corrected chi connectivity index (χ0v) is 42.3. The van der Waals surface area contributed by atoms with E-state index in [1.54, 1.807) is 0 Å². The lowest BCUT2D eigenvalue weighted by Gasteiger charge is -2.45. The van der Waals surface area contributed by atoms with Crippen LogP contribution in [0.2, 0.25) is 0 Å². The molecule has 0 aromatic heterocycles. The summed E-state index contributed by atoms with van der Waals surface area (Å²) in [5.74, 6) is 0. The van der Waals surface area contributed by atoms with E-state index in [2.05, 4.69) is 256 Å². The van der Waals surface area contributed by atoms with Crippen LogP contribution in [0.4, 0.5) is 51.2 Å². The fourth-order valence-electron chi connectivity index (χ4n) is 10.9. The van der Waals surface area contributed by atoms with Gasteiger partial charge in [-0.1, -0.05) is 168 Å². The van der Waals surface area contributed by atoms with Crippen LogP contribution in [0.1, 0.15) is 116 Å². The molecule has 2 aliphatic heterocycles. The van der Waals surface area contributed by atoms with E-state index < -0.39 is 0 Å². The van der Waals surface area contributed by atoms with Gasteiger partial charge in [0, 0.05) is 45.5 Å². The van der Waals surface area contributed by atoms with E-state index in [0.717, 1.165) is 35.6 Å². The summed E-state index contributed by atoms with van der Waals surface area (Å²) in [6.07, 6.45) is 2.26. The van der Waals surface area contributed by atoms with Crippen molar-refractivity contribution < 1.29 is 0 Å². The molecule has 0 amide bonds. The van der Waals surface area contributed by atoms with Crippen molar-refractivity contribution in [1.29, 1.82) is 0 Å². The van der Waals surface area contributed by atoms with E-state index in [-0.39, 0.29) is 28.4 Å². The number of aryl methyl sites for hydroxylation is 2. The maximum absolute atomic E-state index is 2.59. The molecule has 0 fully saturated rings. The molecule has 0 unspecified atom stereocenters. The van der Waals surface area contributed by atoms with Gasteiger partial charge in [0.15, 0.2) is 0 Å². The third-order valence-electron chi connectivity index (χ3n) is 15.1. The van der Waals surface area contributed by atoms with Crippen LogP contribution >= 0.6 is 0 Å². The minimum absolute atomic E-state index is 0.00977. The monoisotopic (exact) mass is 888 g/mol. The molecule has 1 aliphatic carbocycles. The van der Waals surface area contributed by atoms with E-state index in [4.69, 9.17) is 0 Å². The summed E-state index contributed by atoms with van der Waals surface area (Å²) < 4.78 is 0. The molecule has 0 radical (unpaired) electrons. The number of anilines is 9. The van der Waals surface area contributed by atoms with Crippen molar-refractivity contribution in [3.8, 4) is 0 Å². The maximum Gasteiger partial charge on any atom is 0.252 e. The van der Waals surface area contributed by atoms with Crippen LogP contribution in [-0.4, -0.2) is 6.71 Å². The summed E-state index contributed by atoms with van der Waals surface area (Å²) in [6.45, 7) is 27.9. The average molecular weight is 888 g/mol. The highest BCUT2D eigenvalue weighted by Crippen LogP contribution is 2.50. The summed E-state index contributed by atoms with van der Waals surface area (Å²) in [5.41, 5.74) is 22.9. The molecule has 8 aromatic carbocycles. The van der Waals surface area contributed by atoms with Crippen molar-refractivity contribution in [2.24, 2.45) is 0 Å². The molecule has 68 heavy (non-hydrogen) atoms. The van der Waals surface area contributed by atoms with Gasteiger partial charge in [0.25, 0.3) is 6.71 Å². The van der Waals surface area contributed by atoms with Crippen LogP contribution in [-0.2, 0) is 34.5 Å². The average Bonchev–Trinajstić information content (AvgIpc) is 3.28. The van der Waals surface area contributed by atoms with Crippen molar-refractivity contribution in [1.82, 2.24) is 0 Å². The lowest BCUT2D eigenvalue weighted by atomic mass is 9.33. The Labute approximate surface area is 406 Å². The standard InChI is InChI=1S/C64H66BN3/c1-61(2,3)45-21-29-49(30-22-45)67-56-33-25-47(63(7,8)9)37-54(56)65-55-38-48(64(10,11)12)26-34-57(55)68(50-31-23-46(24-32-50)62(4,5)6)59-40-53(39-58(67)60(59)65)66(52-28-20-42-17-18-44(42)36-52)51-27-19-41-15-13-14-16-43(41)35-51/h13-16,19-40H,17-18H2,1-12H3. The fraction of sp³-hybridized carbons (Fsp3) is 0.281. The third-order valence-corrected chi connectivity index (χ3v) is 15.1. The summed E-state index contributed by atoms with van der Waals surface area (Å²) in [4.78, 5) is 7.69. The van der Waals surface area contributed by atoms with Crippen molar-refractivity contribution >= 4 is 85.1 Å². The zero-order valence-electron chi connectivity index (χ0n) is 42.3. The van der Waals surface area contributed by atoms with Crippen LogP contribution in [0.25, 0.3) is 10.8 Å². The lowest BCUT2D eigenvalue weighted by molar-refractivity contribution is 0.590. The van der Waals surface area contributed by atoms with Crippen LogP contribution in [0.3, 0.4) is 0 Å². The van der Waals surface area contributed by atoms with Crippen molar-refractivity contribution in [3.63, 3.8) is 0 Å². The normalized spacial score (nSPS) is 14.3. The molecule has 3 nitrogen and oxygen atoms in total. The second-order valence-electron chi connectivity index (χ2n) is 24.0. The summed E-state index contributed by atoms with van der Waals surface area (Å²) in [6, 6.07) is 61.4. The Morgan fingerprint density at radius 3 is 1.26 bits per heavy atom. The van der Waals surface area contributed by atoms with Gasteiger partial charge >= 0.3 is 0 Å². The maximum atomic E-state index is 2.59. The first-order chi connectivity index (χ1) is 32.2. The SMILES string of the molecule is CC(C)(C)c1ccc(N2c3ccc(C(C)(C)C)cc3B3c4cc(C(C)(C)C)ccc4N(c4ccc(C(C)(C)C)cc4)c4cc(N(c5ccc6c(c5)CC6)c5ccc6ccccc6c5)cc2c43)cc1. The van der Waals surface area contributed by atoms with Gasteiger partial charge in [-0.2, -0.15) is 0 Å². The van der Waals surface area contributed by atoms with Crippen LogP contribution in [0, 0.1) is 0 Å². The first-order valence-electron chi connectivity index (χ1n) is 24.9. The van der Waals surface area contributed by atoms with Crippen LogP contribution in [0.5, 0.6) is 0 Å². The molecule has 0 spiro atoms. The van der Waals surface area contributed by atoms with Crippen LogP contribution < -0.4 is 31.1 Å². The van der Waals surface area contributed by atoms with E-state index in [1.807, 2.05) is 0 Å². The Bertz CT molecular complexity index is 3130. The molecule has 11 rings (SSSR count). The topological polar surface area (TPSA) is 9.72 Å². The quantitative estimate of drug-likeness (QED) is 0.159. The van der Waals surface area contributed by atoms with Gasteiger partial charge in [-0.05, 0) is 168 Å². The molecular weight excluding hydrogens is 822 g/mol. The van der Waals surface area contributed by atoms with E-state index >= 15 is 0 Å². The highest BCUT2D eigenvalue weighted by Gasteiger charge is 2.45. The molecular formula is C64H66BN3. The minimum Gasteiger partial charge on any atom is -0.311 e. The Morgan fingerprint density at radius 1 is 0.368 bits per heavy atom. The Hall–Kier alpha value is -6.52. The van der Waals surface area contributed by atoms with E-state index in [9.17, 15) is 0 Å². The molecule has 3 aliphatic rings. The van der Waals surface area contributed by atoms with Gasteiger partial charge in [0.1, 0.15) is 0 Å². The number of rotatable bonds is 5. The number of benzene rings is 8. The molecule has 0 atom stereocenters. The molecule has 0 saturated heterocycles. The van der Waals surface area contributed by atoms with Gasteiger partial charge in [0.05, 0.1) is 5.69 Å². The van der Waals surface area contributed by atoms with E-state index in [0.29, 0.717) is 0 Å². The minimum atomic E-state index is -0.0376. The summed E-state index contributed by atoms with van der Waals surface area (Å²) in [5, 5.41) is 2.47. The van der Waals surface area contributed by atoms with Crippen LogP contribution in [0.15, 0.2) is 158 Å². The van der Waals surface area contributed by atoms with Gasteiger partial charge in [0.2, 0.25) is 0 Å². The number of fused-ring (bicyclic) bond motifs is 6. The van der Waals surface area contributed by atoms with Crippen molar-refractivity contribution in [2.75, 3.05) is 14.7 Å². The summed E-state index contributed by atoms with van der Waals surface area (Å²) >= 11 is 0.